The summed E-state index contributed by atoms with van der Waals surface area (Å²) in [6.07, 6.45) is 21.7. The molecule has 37 heavy (non-hydrogen) atoms. The van der Waals surface area contributed by atoms with Crippen molar-refractivity contribution in [1.29, 1.82) is 0 Å². The summed E-state index contributed by atoms with van der Waals surface area (Å²) in [5.41, 5.74) is 6.31. The smallest absolute Gasteiger partial charge is 0.398 e. The van der Waals surface area contributed by atoms with Crippen LogP contribution in [-0.2, 0) is 29.6 Å². The predicted molar refractivity (Wildman–Crippen MR) is 149 cm³/mol. The Morgan fingerprint density at radius 1 is 0.811 bits per heavy atom. The zero-order valence-corrected chi connectivity index (χ0v) is 24.4. The first-order valence-electron chi connectivity index (χ1n) is 14.5. The molecule has 0 aliphatic rings. The highest BCUT2D eigenvalue weighted by molar-refractivity contribution is 7.47. The standard InChI is InChI=1S/C28H53N2O6P/c1-3-5-6-7-8-9-10-11-12-13-14-15-16-17-23-33-25-28(34-4-2)26-36-37(31,32)35-24-22-30-20-18-27(29)19-21-30/h18-21,28-29H,3-17,22-26H2,1-2H3,(H,31,32)/p+1/t28-/m1/s1. The SMILES string of the molecule is CCCCCCCCCCCCCCCCOC[C@H](COP(=O)(O)OCC[n+]1ccc(N)cc1)OCC. The van der Waals surface area contributed by atoms with Crippen molar-refractivity contribution in [1.82, 2.24) is 0 Å². The van der Waals surface area contributed by atoms with Gasteiger partial charge in [0.15, 0.2) is 18.9 Å². The molecule has 1 aromatic rings. The summed E-state index contributed by atoms with van der Waals surface area (Å²) in [4.78, 5) is 9.95. The van der Waals surface area contributed by atoms with Gasteiger partial charge in [-0.1, -0.05) is 90.4 Å². The van der Waals surface area contributed by atoms with Gasteiger partial charge in [-0.2, -0.15) is 0 Å². The lowest BCUT2D eigenvalue weighted by Crippen LogP contribution is -2.35. The minimum atomic E-state index is -4.17. The molecule has 2 atom stereocenters. The first kappa shape index (κ1) is 34.0. The van der Waals surface area contributed by atoms with E-state index in [9.17, 15) is 9.46 Å². The van der Waals surface area contributed by atoms with Crippen molar-refractivity contribution in [2.24, 2.45) is 0 Å². The van der Waals surface area contributed by atoms with Crippen LogP contribution in [0.25, 0.3) is 0 Å². The van der Waals surface area contributed by atoms with Crippen LogP contribution in [0.2, 0.25) is 0 Å². The third kappa shape index (κ3) is 20.6. The molecule has 8 nitrogen and oxygen atoms in total. The molecule has 0 amide bonds. The number of rotatable bonds is 26. The summed E-state index contributed by atoms with van der Waals surface area (Å²) in [5.74, 6) is 0. The molecule has 0 aliphatic heterocycles. The molecule has 216 valence electrons. The van der Waals surface area contributed by atoms with Crippen molar-refractivity contribution >= 4 is 13.5 Å². The molecule has 0 bridgehead atoms. The number of phosphoric ester groups is 1. The molecule has 0 aromatic carbocycles. The van der Waals surface area contributed by atoms with Gasteiger partial charge >= 0.3 is 7.82 Å². The summed E-state index contributed by atoms with van der Waals surface area (Å²) < 4.78 is 35.5. The Morgan fingerprint density at radius 3 is 1.89 bits per heavy atom. The molecule has 0 saturated heterocycles. The van der Waals surface area contributed by atoms with E-state index in [1.165, 1.54) is 83.5 Å². The fourth-order valence-electron chi connectivity index (χ4n) is 4.09. The lowest BCUT2D eigenvalue weighted by Gasteiger charge is -2.19. The van der Waals surface area contributed by atoms with Gasteiger partial charge in [0.25, 0.3) is 0 Å². The quantitative estimate of drug-likeness (QED) is 0.0768. The van der Waals surface area contributed by atoms with Crippen molar-refractivity contribution < 1.29 is 32.5 Å². The average Bonchev–Trinajstić information content (AvgIpc) is 2.88. The van der Waals surface area contributed by atoms with Gasteiger partial charge in [-0.25, -0.2) is 9.13 Å². The molecule has 3 N–H and O–H groups in total. The Bertz CT molecular complexity index is 692. The maximum Gasteiger partial charge on any atom is 0.472 e. The predicted octanol–water partition coefficient (Wildman–Crippen LogP) is 6.59. The highest BCUT2D eigenvalue weighted by Crippen LogP contribution is 2.43. The minimum absolute atomic E-state index is 0.0390. The van der Waals surface area contributed by atoms with Crippen LogP contribution in [0.5, 0.6) is 0 Å². The molecule has 0 aliphatic carbocycles. The van der Waals surface area contributed by atoms with Crippen LogP contribution in [0.3, 0.4) is 0 Å². The number of nitrogen functional groups attached to an aromatic ring is 1. The van der Waals surface area contributed by atoms with Crippen molar-refractivity contribution in [3.63, 3.8) is 0 Å². The number of hydrogen-bond acceptors (Lipinski definition) is 6. The number of anilines is 1. The Labute approximate surface area is 225 Å². The van der Waals surface area contributed by atoms with Gasteiger partial charge in [-0.3, -0.25) is 9.05 Å². The maximum atomic E-state index is 12.2. The zero-order valence-electron chi connectivity index (χ0n) is 23.5. The van der Waals surface area contributed by atoms with Crippen molar-refractivity contribution in [3.05, 3.63) is 24.5 Å². The fraction of sp³-hybridized carbons (Fsp3) is 0.821. The number of aromatic nitrogens is 1. The molecule has 0 radical (unpaired) electrons. The van der Waals surface area contributed by atoms with Gasteiger partial charge < -0.3 is 20.1 Å². The lowest BCUT2D eigenvalue weighted by atomic mass is 10.0. The summed E-state index contributed by atoms with van der Waals surface area (Å²) >= 11 is 0. The number of unbranched alkanes of at least 4 members (excludes halogenated alkanes) is 13. The molecule has 9 heteroatoms. The van der Waals surface area contributed by atoms with E-state index in [1.54, 1.807) is 24.5 Å². The molecule has 1 heterocycles. The molecule has 0 spiro atoms. The monoisotopic (exact) mass is 545 g/mol. The zero-order chi connectivity index (χ0) is 27.0. The van der Waals surface area contributed by atoms with E-state index in [0.717, 1.165) is 6.42 Å². The van der Waals surface area contributed by atoms with E-state index in [4.69, 9.17) is 24.3 Å². The van der Waals surface area contributed by atoms with Crippen LogP contribution < -0.4 is 10.3 Å². The van der Waals surface area contributed by atoms with E-state index in [-0.39, 0.29) is 13.2 Å². The van der Waals surface area contributed by atoms with E-state index < -0.39 is 13.9 Å². The molecular formula is C28H54N2O6P+. The summed E-state index contributed by atoms with van der Waals surface area (Å²) in [5, 5.41) is 0. The van der Waals surface area contributed by atoms with Crippen LogP contribution in [0, 0.1) is 0 Å². The number of nitrogens with zero attached hydrogens (tertiary/aromatic N) is 1. The van der Waals surface area contributed by atoms with Crippen LogP contribution in [0.4, 0.5) is 5.69 Å². The highest BCUT2D eigenvalue weighted by Gasteiger charge is 2.24. The van der Waals surface area contributed by atoms with Gasteiger partial charge in [0.1, 0.15) is 12.7 Å². The second kappa shape index (κ2) is 22.9. The number of ether oxygens (including phenoxy) is 2. The van der Waals surface area contributed by atoms with Crippen LogP contribution in [-0.4, -0.2) is 44.0 Å². The number of pyridine rings is 1. The minimum Gasteiger partial charge on any atom is -0.398 e. The first-order chi connectivity index (χ1) is 18.0. The van der Waals surface area contributed by atoms with Gasteiger partial charge in [-0.15, -0.1) is 0 Å². The topological polar surface area (TPSA) is 104 Å². The summed E-state index contributed by atoms with van der Waals surface area (Å²) in [6, 6.07) is 3.50. The molecule has 0 saturated carbocycles. The lowest BCUT2D eigenvalue weighted by molar-refractivity contribution is -0.697. The Hall–Kier alpha value is -1.02. The average molecular weight is 546 g/mol. The summed E-state index contributed by atoms with van der Waals surface area (Å²) in [7, 11) is -4.17. The number of hydrogen-bond donors (Lipinski definition) is 2. The maximum absolute atomic E-state index is 12.2. The Balaban J connectivity index is 2.00. The fourth-order valence-corrected chi connectivity index (χ4v) is 4.83. The van der Waals surface area contributed by atoms with E-state index in [1.807, 2.05) is 11.5 Å². The van der Waals surface area contributed by atoms with Crippen molar-refractivity contribution in [3.8, 4) is 0 Å². The van der Waals surface area contributed by atoms with Crippen LogP contribution in [0.1, 0.15) is 104 Å². The van der Waals surface area contributed by atoms with E-state index in [0.29, 0.717) is 32.1 Å². The van der Waals surface area contributed by atoms with Crippen molar-refractivity contribution in [2.75, 3.05) is 38.8 Å². The number of nitrogens with two attached hydrogens (primary N) is 1. The van der Waals surface area contributed by atoms with Gasteiger partial charge in [-0.05, 0) is 13.3 Å². The van der Waals surface area contributed by atoms with E-state index in [2.05, 4.69) is 6.92 Å². The summed E-state index contributed by atoms with van der Waals surface area (Å²) in [6.45, 7) is 5.99. The second-order valence-corrected chi connectivity index (χ2v) is 11.2. The first-order valence-corrected chi connectivity index (χ1v) is 16.0. The van der Waals surface area contributed by atoms with Gasteiger partial charge in [0.05, 0.1) is 13.2 Å². The second-order valence-electron chi connectivity index (χ2n) is 9.72. The van der Waals surface area contributed by atoms with Gasteiger partial charge in [0.2, 0.25) is 0 Å². The van der Waals surface area contributed by atoms with E-state index >= 15 is 0 Å². The van der Waals surface area contributed by atoms with Crippen LogP contribution >= 0.6 is 7.82 Å². The highest BCUT2D eigenvalue weighted by atomic mass is 31.2. The molecular weight excluding hydrogens is 491 g/mol. The largest absolute Gasteiger partial charge is 0.472 e. The molecule has 1 rings (SSSR count). The Morgan fingerprint density at radius 2 is 1.35 bits per heavy atom. The normalized spacial score (nSPS) is 14.0. The molecule has 1 aromatic heterocycles. The number of phosphoric acid groups is 1. The van der Waals surface area contributed by atoms with Crippen molar-refractivity contribution in [2.45, 2.75) is 116 Å². The molecule has 0 fully saturated rings. The molecule has 1 unspecified atom stereocenters. The third-order valence-electron chi connectivity index (χ3n) is 6.29. The van der Waals surface area contributed by atoms with Gasteiger partial charge in [0, 0.05) is 31.0 Å². The van der Waals surface area contributed by atoms with Crippen LogP contribution in [0.15, 0.2) is 24.5 Å². The Kier molecular flexibility index (Phi) is 21.1. The third-order valence-corrected chi connectivity index (χ3v) is 7.28.